The summed E-state index contributed by atoms with van der Waals surface area (Å²) in [5, 5.41) is 11.4. The SMILES string of the molecule is CCCc1ccc(C(O)=C2CCc3nc(CC(=O)SCC)sc3C2=O)cn1. The van der Waals surface area contributed by atoms with E-state index >= 15 is 0 Å². The number of thioether (sulfide) groups is 1. The van der Waals surface area contributed by atoms with E-state index in [1.807, 2.05) is 19.1 Å². The fraction of sp³-hybridized carbons (Fsp3) is 0.400. The number of aryl methyl sites for hydroxylation is 2. The van der Waals surface area contributed by atoms with Gasteiger partial charge in [0.2, 0.25) is 5.78 Å². The molecule has 3 rings (SSSR count). The summed E-state index contributed by atoms with van der Waals surface area (Å²) in [6, 6.07) is 3.69. The first-order chi connectivity index (χ1) is 13.0. The number of fused-ring (bicyclic) bond motifs is 1. The molecule has 0 fully saturated rings. The van der Waals surface area contributed by atoms with E-state index in [-0.39, 0.29) is 23.1 Å². The van der Waals surface area contributed by atoms with E-state index in [4.69, 9.17) is 0 Å². The summed E-state index contributed by atoms with van der Waals surface area (Å²) in [5.74, 6) is 0.536. The molecule has 0 atom stereocenters. The minimum atomic E-state index is -0.189. The molecule has 0 unspecified atom stereocenters. The van der Waals surface area contributed by atoms with Crippen LogP contribution >= 0.6 is 23.1 Å². The Labute approximate surface area is 166 Å². The number of carbonyl (C=O) groups excluding carboxylic acids is 2. The van der Waals surface area contributed by atoms with Crippen LogP contribution in [0.15, 0.2) is 23.9 Å². The van der Waals surface area contributed by atoms with Crippen LogP contribution in [0.25, 0.3) is 5.76 Å². The molecule has 2 aromatic rings. The summed E-state index contributed by atoms with van der Waals surface area (Å²) in [5.41, 5.74) is 2.67. The van der Waals surface area contributed by atoms with Gasteiger partial charge in [-0.2, -0.15) is 0 Å². The van der Waals surface area contributed by atoms with Gasteiger partial charge in [-0.05, 0) is 37.1 Å². The van der Waals surface area contributed by atoms with Gasteiger partial charge in [0.05, 0.1) is 17.0 Å². The van der Waals surface area contributed by atoms with Gasteiger partial charge in [0.1, 0.15) is 10.8 Å². The predicted molar refractivity (Wildman–Crippen MR) is 109 cm³/mol. The molecule has 0 aromatic carbocycles. The van der Waals surface area contributed by atoms with Crippen molar-refractivity contribution in [3.8, 4) is 0 Å². The Hall–Kier alpha value is -1.99. The van der Waals surface area contributed by atoms with E-state index in [0.717, 1.165) is 30.0 Å². The Bertz CT molecular complexity index is 885. The van der Waals surface area contributed by atoms with Gasteiger partial charge in [0, 0.05) is 23.0 Å². The lowest BCUT2D eigenvalue weighted by atomic mass is 9.93. The minimum Gasteiger partial charge on any atom is -0.507 e. The van der Waals surface area contributed by atoms with Crippen LogP contribution in [0.3, 0.4) is 0 Å². The van der Waals surface area contributed by atoms with Gasteiger partial charge >= 0.3 is 0 Å². The van der Waals surface area contributed by atoms with Crippen LogP contribution in [0.4, 0.5) is 0 Å². The van der Waals surface area contributed by atoms with E-state index in [1.54, 1.807) is 6.20 Å². The van der Waals surface area contributed by atoms with Gasteiger partial charge in [0.15, 0.2) is 5.12 Å². The van der Waals surface area contributed by atoms with Crippen molar-refractivity contribution in [2.24, 2.45) is 0 Å². The summed E-state index contributed by atoms with van der Waals surface area (Å²) in [6.07, 6.45) is 4.79. The molecule has 1 aliphatic carbocycles. The van der Waals surface area contributed by atoms with Crippen molar-refractivity contribution in [1.82, 2.24) is 9.97 Å². The predicted octanol–water partition coefficient (Wildman–Crippen LogP) is 4.41. The zero-order valence-electron chi connectivity index (χ0n) is 15.4. The van der Waals surface area contributed by atoms with E-state index in [0.29, 0.717) is 33.9 Å². The number of Topliss-reactive ketones (excluding diaryl/α,β-unsaturated/α-hetero) is 1. The molecule has 0 amide bonds. The molecular formula is C20H22N2O3S2. The molecule has 0 aliphatic heterocycles. The number of aromatic nitrogens is 2. The van der Waals surface area contributed by atoms with Gasteiger partial charge < -0.3 is 5.11 Å². The summed E-state index contributed by atoms with van der Waals surface area (Å²) in [7, 11) is 0. The zero-order chi connectivity index (χ0) is 19.4. The number of hydrogen-bond donors (Lipinski definition) is 1. The second-order valence-electron chi connectivity index (χ2n) is 6.31. The normalized spacial score (nSPS) is 15.6. The zero-order valence-corrected chi connectivity index (χ0v) is 17.1. The lowest BCUT2D eigenvalue weighted by Gasteiger charge is -2.14. The van der Waals surface area contributed by atoms with Crippen LogP contribution in [0.2, 0.25) is 0 Å². The average Bonchev–Trinajstić information content (AvgIpc) is 3.06. The minimum absolute atomic E-state index is 0.00577. The van der Waals surface area contributed by atoms with Crippen molar-refractivity contribution in [2.45, 2.75) is 46.0 Å². The largest absolute Gasteiger partial charge is 0.507 e. The van der Waals surface area contributed by atoms with Gasteiger partial charge in [-0.15, -0.1) is 11.3 Å². The van der Waals surface area contributed by atoms with Gasteiger partial charge in [0.25, 0.3) is 0 Å². The van der Waals surface area contributed by atoms with Crippen molar-refractivity contribution >= 4 is 39.8 Å². The maximum absolute atomic E-state index is 12.9. The van der Waals surface area contributed by atoms with E-state index in [1.165, 1.54) is 23.1 Å². The van der Waals surface area contributed by atoms with Crippen molar-refractivity contribution in [2.75, 3.05) is 5.75 Å². The second-order valence-corrected chi connectivity index (χ2v) is 8.71. The smallest absolute Gasteiger partial charge is 0.204 e. The first-order valence-corrected chi connectivity index (χ1v) is 10.9. The topological polar surface area (TPSA) is 80.2 Å². The Morgan fingerprint density at radius 2 is 2.11 bits per heavy atom. The lowest BCUT2D eigenvalue weighted by Crippen LogP contribution is -2.14. The molecule has 5 nitrogen and oxygen atoms in total. The molecule has 1 aliphatic rings. The molecule has 0 saturated heterocycles. The highest BCUT2D eigenvalue weighted by Gasteiger charge is 2.29. The molecule has 27 heavy (non-hydrogen) atoms. The number of aliphatic hydroxyl groups excluding tert-OH is 1. The van der Waals surface area contributed by atoms with E-state index in [2.05, 4.69) is 16.9 Å². The molecule has 2 heterocycles. The van der Waals surface area contributed by atoms with Crippen molar-refractivity contribution in [1.29, 1.82) is 0 Å². The number of ketones is 1. The maximum Gasteiger partial charge on any atom is 0.204 e. The number of nitrogens with zero attached hydrogens (tertiary/aromatic N) is 2. The number of carbonyl (C=O) groups is 2. The first-order valence-electron chi connectivity index (χ1n) is 9.09. The molecule has 1 N–H and O–H groups in total. The number of rotatable bonds is 6. The fourth-order valence-electron chi connectivity index (χ4n) is 3.02. The fourth-order valence-corrected chi connectivity index (χ4v) is 4.75. The van der Waals surface area contributed by atoms with Crippen LogP contribution in [0.5, 0.6) is 0 Å². The summed E-state index contributed by atoms with van der Waals surface area (Å²) < 4.78 is 0. The highest BCUT2D eigenvalue weighted by molar-refractivity contribution is 8.13. The standard InChI is InChI=1S/C20H22N2O3S2/c1-3-5-13-7-6-12(11-21-13)18(24)14-8-9-15-20(19(14)25)27-16(22-15)10-17(23)26-4-2/h6-7,11,24H,3-5,8-10H2,1-2H3. The van der Waals surface area contributed by atoms with E-state index < -0.39 is 0 Å². The van der Waals surface area contributed by atoms with Crippen LogP contribution in [0, 0.1) is 0 Å². The summed E-state index contributed by atoms with van der Waals surface area (Å²) in [4.78, 5) is 34.1. The number of pyridine rings is 1. The second kappa shape index (κ2) is 8.80. The molecule has 2 aromatic heterocycles. The van der Waals surface area contributed by atoms with Gasteiger partial charge in [-0.1, -0.05) is 32.0 Å². The lowest BCUT2D eigenvalue weighted by molar-refractivity contribution is -0.110. The van der Waals surface area contributed by atoms with Crippen LogP contribution in [-0.4, -0.2) is 31.7 Å². The monoisotopic (exact) mass is 402 g/mol. The van der Waals surface area contributed by atoms with Crippen LogP contribution < -0.4 is 0 Å². The van der Waals surface area contributed by atoms with Crippen molar-refractivity contribution < 1.29 is 14.7 Å². The summed E-state index contributed by atoms with van der Waals surface area (Å²) >= 11 is 2.53. The third-order valence-corrected chi connectivity index (χ3v) is 6.18. The molecule has 7 heteroatoms. The maximum atomic E-state index is 12.9. The highest BCUT2D eigenvalue weighted by Crippen LogP contribution is 2.33. The Kier molecular flexibility index (Phi) is 6.44. The Morgan fingerprint density at radius 1 is 1.30 bits per heavy atom. The highest BCUT2D eigenvalue weighted by atomic mass is 32.2. The third-order valence-electron chi connectivity index (χ3n) is 4.32. The van der Waals surface area contributed by atoms with Gasteiger partial charge in [-0.25, -0.2) is 4.98 Å². The number of hydrogen-bond acceptors (Lipinski definition) is 7. The molecule has 0 radical (unpaired) electrons. The Balaban J connectivity index is 1.83. The van der Waals surface area contributed by atoms with Gasteiger partial charge in [-0.3, -0.25) is 14.6 Å². The van der Waals surface area contributed by atoms with Crippen molar-refractivity contribution in [3.63, 3.8) is 0 Å². The van der Waals surface area contributed by atoms with Crippen LogP contribution in [-0.2, 0) is 24.1 Å². The van der Waals surface area contributed by atoms with Crippen molar-refractivity contribution in [3.05, 3.63) is 50.7 Å². The van der Waals surface area contributed by atoms with E-state index in [9.17, 15) is 14.7 Å². The molecular weight excluding hydrogens is 380 g/mol. The average molecular weight is 403 g/mol. The number of aliphatic hydroxyl groups is 1. The quantitative estimate of drug-likeness (QED) is 0.569. The molecule has 0 spiro atoms. The summed E-state index contributed by atoms with van der Waals surface area (Å²) in [6.45, 7) is 4.02. The first kappa shape index (κ1) is 19.8. The molecule has 0 bridgehead atoms. The molecule has 142 valence electrons. The third kappa shape index (κ3) is 4.47. The number of thiazole rings is 1. The molecule has 0 saturated carbocycles. The van der Waals surface area contributed by atoms with Crippen LogP contribution in [0.1, 0.15) is 58.3 Å². The number of allylic oxidation sites excluding steroid dienone is 1. The Morgan fingerprint density at radius 3 is 2.78 bits per heavy atom.